The Labute approximate surface area is 83.7 Å². The number of hydrogen-bond donors (Lipinski definition) is 2. The molecular formula is C9H18N2O3. The molecule has 1 fully saturated rings. The lowest BCUT2D eigenvalue weighted by atomic mass is 10.1. The SMILES string of the molecule is NC(=O)C(N)CCOC1CCOCC1. The van der Waals surface area contributed by atoms with Gasteiger partial charge in [-0.1, -0.05) is 0 Å². The van der Waals surface area contributed by atoms with E-state index in [1.165, 1.54) is 0 Å². The minimum Gasteiger partial charge on any atom is -0.381 e. The molecule has 1 unspecified atom stereocenters. The average Bonchev–Trinajstić information content (AvgIpc) is 2.19. The fourth-order valence-electron chi connectivity index (χ4n) is 1.35. The smallest absolute Gasteiger partial charge is 0.234 e. The topological polar surface area (TPSA) is 87.6 Å². The van der Waals surface area contributed by atoms with Crippen LogP contribution in [0.15, 0.2) is 0 Å². The summed E-state index contributed by atoms with van der Waals surface area (Å²) in [7, 11) is 0. The van der Waals surface area contributed by atoms with Crippen LogP contribution < -0.4 is 11.5 Å². The predicted octanol–water partition coefficient (Wildman–Crippen LogP) is -0.615. The molecule has 1 rings (SSSR count). The maximum absolute atomic E-state index is 10.6. The first-order valence-electron chi connectivity index (χ1n) is 4.94. The Hall–Kier alpha value is -0.650. The summed E-state index contributed by atoms with van der Waals surface area (Å²) in [6.07, 6.45) is 2.59. The van der Waals surface area contributed by atoms with Crippen molar-refractivity contribution in [3.63, 3.8) is 0 Å². The number of carbonyl (C=O) groups excluding carboxylic acids is 1. The van der Waals surface area contributed by atoms with Crippen molar-refractivity contribution in [1.29, 1.82) is 0 Å². The summed E-state index contributed by atoms with van der Waals surface area (Å²) < 4.78 is 10.7. The first-order valence-corrected chi connectivity index (χ1v) is 4.94. The molecule has 14 heavy (non-hydrogen) atoms. The molecule has 0 aromatic rings. The summed E-state index contributed by atoms with van der Waals surface area (Å²) in [4.78, 5) is 10.6. The number of amides is 1. The molecule has 5 nitrogen and oxygen atoms in total. The highest BCUT2D eigenvalue weighted by Crippen LogP contribution is 2.10. The third kappa shape index (κ3) is 4.04. The second kappa shape index (κ2) is 5.95. The van der Waals surface area contributed by atoms with Crippen molar-refractivity contribution in [2.45, 2.75) is 31.4 Å². The largest absolute Gasteiger partial charge is 0.381 e. The molecule has 1 saturated heterocycles. The van der Waals surface area contributed by atoms with E-state index in [-0.39, 0.29) is 6.10 Å². The molecule has 1 atom stereocenters. The van der Waals surface area contributed by atoms with E-state index in [1.54, 1.807) is 0 Å². The zero-order valence-electron chi connectivity index (χ0n) is 8.28. The van der Waals surface area contributed by atoms with Gasteiger partial charge in [0.15, 0.2) is 0 Å². The number of nitrogens with two attached hydrogens (primary N) is 2. The summed E-state index contributed by atoms with van der Waals surface area (Å²) in [6, 6.07) is -0.588. The van der Waals surface area contributed by atoms with Crippen molar-refractivity contribution in [1.82, 2.24) is 0 Å². The van der Waals surface area contributed by atoms with Gasteiger partial charge in [-0.3, -0.25) is 4.79 Å². The van der Waals surface area contributed by atoms with Crippen LogP contribution in [-0.4, -0.2) is 37.9 Å². The van der Waals surface area contributed by atoms with E-state index in [9.17, 15) is 4.79 Å². The van der Waals surface area contributed by atoms with Gasteiger partial charge in [0.05, 0.1) is 12.1 Å². The van der Waals surface area contributed by atoms with Crippen molar-refractivity contribution in [2.75, 3.05) is 19.8 Å². The molecule has 0 aromatic carbocycles. The maximum atomic E-state index is 10.6. The molecular weight excluding hydrogens is 184 g/mol. The van der Waals surface area contributed by atoms with E-state index in [4.69, 9.17) is 20.9 Å². The lowest BCUT2D eigenvalue weighted by molar-refractivity contribution is -0.120. The monoisotopic (exact) mass is 202 g/mol. The fraction of sp³-hybridized carbons (Fsp3) is 0.889. The molecule has 0 spiro atoms. The van der Waals surface area contributed by atoms with Crippen LogP contribution in [-0.2, 0) is 14.3 Å². The van der Waals surface area contributed by atoms with Gasteiger partial charge in [-0.25, -0.2) is 0 Å². The second-order valence-electron chi connectivity index (χ2n) is 3.48. The standard InChI is InChI=1S/C9H18N2O3/c10-8(9(11)12)3-6-14-7-1-4-13-5-2-7/h7-8H,1-6,10H2,(H2,11,12). The van der Waals surface area contributed by atoms with Crippen LogP contribution in [0.4, 0.5) is 0 Å². The minimum absolute atomic E-state index is 0.254. The van der Waals surface area contributed by atoms with E-state index < -0.39 is 11.9 Å². The highest BCUT2D eigenvalue weighted by atomic mass is 16.5. The molecule has 1 aliphatic heterocycles. The summed E-state index contributed by atoms with van der Waals surface area (Å²) in [5.41, 5.74) is 10.5. The number of carbonyl (C=O) groups is 1. The van der Waals surface area contributed by atoms with Gasteiger partial charge in [0, 0.05) is 19.8 Å². The summed E-state index contributed by atoms with van der Waals surface area (Å²) >= 11 is 0. The van der Waals surface area contributed by atoms with Crippen LogP contribution in [0.25, 0.3) is 0 Å². The van der Waals surface area contributed by atoms with Crippen molar-refractivity contribution in [3.8, 4) is 0 Å². The van der Waals surface area contributed by atoms with Crippen molar-refractivity contribution in [3.05, 3.63) is 0 Å². The molecule has 82 valence electrons. The average molecular weight is 202 g/mol. The lowest BCUT2D eigenvalue weighted by Gasteiger charge is -2.22. The highest BCUT2D eigenvalue weighted by molar-refractivity contribution is 5.79. The summed E-state index contributed by atoms with van der Waals surface area (Å²) in [5.74, 6) is -0.472. The van der Waals surface area contributed by atoms with Gasteiger partial charge in [0.1, 0.15) is 0 Å². The molecule has 0 radical (unpaired) electrons. The van der Waals surface area contributed by atoms with Crippen LogP contribution in [0.1, 0.15) is 19.3 Å². The lowest BCUT2D eigenvalue weighted by Crippen LogP contribution is -2.37. The molecule has 0 bridgehead atoms. The third-order valence-corrected chi connectivity index (χ3v) is 2.32. The van der Waals surface area contributed by atoms with E-state index in [0.29, 0.717) is 13.0 Å². The van der Waals surface area contributed by atoms with Crippen molar-refractivity contribution >= 4 is 5.91 Å². The van der Waals surface area contributed by atoms with Crippen LogP contribution in [0.3, 0.4) is 0 Å². The molecule has 1 amide bonds. The first-order chi connectivity index (χ1) is 6.70. The van der Waals surface area contributed by atoms with Crippen LogP contribution in [0.2, 0.25) is 0 Å². The van der Waals surface area contributed by atoms with Gasteiger partial charge in [-0.15, -0.1) is 0 Å². The molecule has 0 aromatic heterocycles. The Bertz CT molecular complexity index is 181. The maximum Gasteiger partial charge on any atom is 0.234 e. The molecule has 4 N–H and O–H groups in total. The Morgan fingerprint density at radius 2 is 2.14 bits per heavy atom. The molecule has 1 heterocycles. The zero-order chi connectivity index (χ0) is 10.4. The van der Waals surface area contributed by atoms with Gasteiger partial charge in [0.2, 0.25) is 5.91 Å². The van der Waals surface area contributed by atoms with E-state index in [2.05, 4.69) is 0 Å². The van der Waals surface area contributed by atoms with E-state index in [0.717, 1.165) is 26.1 Å². The quantitative estimate of drug-likeness (QED) is 0.622. The van der Waals surface area contributed by atoms with Crippen molar-refractivity contribution in [2.24, 2.45) is 11.5 Å². The van der Waals surface area contributed by atoms with Gasteiger partial charge < -0.3 is 20.9 Å². The molecule has 0 aliphatic carbocycles. The number of ether oxygens (including phenoxy) is 2. The molecule has 5 heteroatoms. The highest BCUT2D eigenvalue weighted by Gasteiger charge is 2.15. The summed E-state index contributed by atoms with van der Waals surface area (Å²) in [5, 5.41) is 0. The minimum atomic E-state index is -0.588. The predicted molar refractivity (Wildman–Crippen MR) is 51.6 cm³/mol. The Kier molecular flexibility index (Phi) is 4.86. The Morgan fingerprint density at radius 1 is 1.50 bits per heavy atom. The second-order valence-corrected chi connectivity index (χ2v) is 3.48. The Balaban J connectivity index is 2.05. The number of hydrogen-bond acceptors (Lipinski definition) is 4. The molecule has 1 aliphatic rings. The normalized spacial score (nSPS) is 20.6. The van der Waals surface area contributed by atoms with Crippen LogP contribution >= 0.6 is 0 Å². The van der Waals surface area contributed by atoms with E-state index in [1.807, 2.05) is 0 Å². The number of rotatable bonds is 5. The number of primary amides is 1. The van der Waals surface area contributed by atoms with Gasteiger partial charge in [-0.05, 0) is 19.3 Å². The first kappa shape index (κ1) is 11.4. The summed E-state index contributed by atoms with van der Waals surface area (Å²) in [6.45, 7) is 2.01. The Morgan fingerprint density at radius 3 is 2.71 bits per heavy atom. The third-order valence-electron chi connectivity index (χ3n) is 2.32. The van der Waals surface area contributed by atoms with Gasteiger partial charge in [-0.2, -0.15) is 0 Å². The van der Waals surface area contributed by atoms with E-state index >= 15 is 0 Å². The fourth-order valence-corrected chi connectivity index (χ4v) is 1.35. The van der Waals surface area contributed by atoms with Crippen LogP contribution in [0, 0.1) is 0 Å². The molecule has 0 saturated carbocycles. The van der Waals surface area contributed by atoms with Crippen molar-refractivity contribution < 1.29 is 14.3 Å². The zero-order valence-corrected chi connectivity index (χ0v) is 8.28. The van der Waals surface area contributed by atoms with Gasteiger partial charge in [0.25, 0.3) is 0 Å². The van der Waals surface area contributed by atoms with Gasteiger partial charge >= 0.3 is 0 Å². The van der Waals surface area contributed by atoms with Crippen LogP contribution in [0.5, 0.6) is 0 Å².